The largest absolute Gasteiger partial charge is 0.449 e. The smallest absolute Gasteiger partial charge is 0.411 e. The summed E-state index contributed by atoms with van der Waals surface area (Å²) in [5.41, 5.74) is 2.26. The van der Waals surface area contributed by atoms with Crippen molar-refractivity contribution in [3.05, 3.63) is 70.1 Å². The van der Waals surface area contributed by atoms with E-state index in [0.29, 0.717) is 29.1 Å². The van der Waals surface area contributed by atoms with Crippen molar-refractivity contribution in [2.75, 3.05) is 11.9 Å². The van der Waals surface area contributed by atoms with Crippen molar-refractivity contribution in [1.82, 2.24) is 5.16 Å². The Labute approximate surface area is 158 Å². The maximum atomic E-state index is 13.6. The van der Waals surface area contributed by atoms with Gasteiger partial charge in [-0.3, -0.25) is 5.32 Å². The van der Waals surface area contributed by atoms with E-state index in [1.54, 1.807) is 25.1 Å². The number of aromatic nitrogens is 1. The minimum Gasteiger partial charge on any atom is -0.449 e. The third-order valence-electron chi connectivity index (χ3n) is 3.77. The molecule has 0 radical (unpaired) electrons. The van der Waals surface area contributed by atoms with E-state index in [9.17, 15) is 9.18 Å². The lowest BCUT2D eigenvalue weighted by Gasteiger charge is -2.08. The van der Waals surface area contributed by atoms with Gasteiger partial charge in [0.15, 0.2) is 5.76 Å². The number of ether oxygens (including phenoxy) is 1. The lowest BCUT2D eigenvalue weighted by Crippen LogP contribution is -2.16. The van der Waals surface area contributed by atoms with Gasteiger partial charge in [-0.1, -0.05) is 51.4 Å². The molecule has 0 saturated carbocycles. The predicted octanol–water partition coefficient (Wildman–Crippen LogP) is 5.34. The number of hydrogen-bond donors (Lipinski definition) is 1. The Morgan fingerprint density at radius 2 is 1.96 bits per heavy atom. The second-order valence-corrected chi connectivity index (χ2v) is 6.49. The molecule has 2 aromatic carbocycles. The van der Waals surface area contributed by atoms with Crippen LogP contribution < -0.4 is 5.32 Å². The van der Waals surface area contributed by atoms with Gasteiger partial charge in [-0.15, -0.1) is 0 Å². The van der Waals surface area contributed by atoms with Crippen molar-refractivity contribution in [3.63, 3.8) is 0 Å². The fourth-order valence-electron chi connectivity index (χ4n) is 2.42. The molecule has 0 saturated heterocycles. The number of halogens is 2. The number of carbonyl (C=O) groups is 1. The molecule has 1 heterocycles. The van der Waals surface area contributed by atoms with Crippen LogP contribution >= 0.6 is 15.9 Å². The average molecular weight is 419 g/mol. The topological polar surface area (TPSA) is 64.4 Å². The van der Waals surface area contributed by atoms with Gasteiger partial charge < -0.3 is 9.26 Å². The summed E-state index contributed by atoms with van der Waals surface area (Å²) in [5.74, 6) is 0.151. The maximum absolute atomic E-state index is 13.6. The van der Waals surface area contributed by atoms with E-state index in [1.807, 2.05) is 24.3 Å². The summed E-state index contributed by atoms with van der Waals surface area (Å²) >= 11 is 3.37. The van der Waals surface area contributed by atoms with Crippen LogP contribution in [0.4, 0.5) is 14.9 Å². The number of carbonyl (C=O) groups excluding carboxylic acids is 1. The molecule has 0 bridgehead atoms. The molecule has 0 aliphatic heterocycles. The first-order valence-corrected chi connectivity index (χ1v) is 8.73. The highest BCUT2D eigenvalue weighted by Gasteiger charge is 2.18. The van der Waals surface area contributed by atoms with Gasteiger partial charge >= 0.3 is 6.09 Å². The zero-order chi connectivity index (χ0) is 18.5. The first-order valence-electron chi connectivity index (χ1n) is 7.94. The molecule has 1 amide bonds. The number of benzene rings is 2. The molecule has 26 heavy (non-hydrogen) atoms. The molecule has 7 heteroatoms. The van der Waals surface area contributed by atoms with Crippen LogP contribution in [0.3, 0.4) is 0 Å². The Balaban J connectivity index is 1.63. The van der Waals surface area contributed by atoms with E-state index in [1.165, 1.54) is 6.07 Å². The lowest BCUT2D eigenvalue weighted by atomic mass is 10.1. The van der Waals surface area contributed by atoms with Crippen LogP contribution in [0.5, 0.6) is 0 Å². The molecule has 1 aromatic heterocycles. The first-order chi connectivity index (χ1) is 12.5. The van der Waals surface area contributed by atoms with Crippen molar-refractivity contribution < 1.29 is 18.4 Å². The summed E-state index contributed by atoms with van der Waals surface area (Å²) in [5, 5.41) is 6.65. The quantitative estimate of drug-likeness (QED) is 0.606. The van der Waals surface area contributed by atoms with Crippen LogP contribution in [0.15, 0.2) is 57.5 Å². The third kappa shape index (κ3) is 4.29. The fraction of sp³-hybridized carbons (Fsp3) is 0.158. The van der Waals surface area contributed by atoms with Crippen LogP contribution in [-0.4, -0.2) is 17.9 Å². The third-order valence-corrected chi connectivity index (χ3v) is 4.30. The van der Waals surface area contributed by atoms with Gasteiger partial charge in [-0.25, -0.2) is 9.18 Å². The van der Waals surface area contributed by atoms with Gasteiger partial charge in [-0.05, 0) is 30.7 Å². The minimum absolute atomic E-state index is 0.0602. The van der Waals surface area contributed by atoms with Crippen molar-refractivity contribution in [2.24, 2.45) is 0 Å². The second-order valence-electron chi connectivity index (χ2n) is 5.57. The van der Waals surface area contributed by atoms with Crippen molar-refractivity contribution >= 4 is 27.7 Å². The average Bonchev–Trinajstić information content (AvgIpc) is 2.98. The van der Waals surface area contributed by atoms with E-state index >= 15 is 0 Å². The van der Waals surface area contributed by atoms with Gasteiger partial charge in [0, 0.05) is 16.5 Å². The summed E-state index contributed by atoms with van der Waals surface area (Å²) in [7, 11) is 0. The van der Waals surface area contributed by atoms with E-state index in [2.05, 4.69) is 26.4 Å². The Bertz CT molecular complexity index is 909. The summed E-state index contributed by atoms with van der Waals surface area (Å²) in [6.45, 7) is 1.76. The molecule has 3 rings (SSSR count). The maximum Gasteiger partial charge on any atom is 0.411 e. The molecule has 0 fully saturated rings. The fourth-order valence-corrected chi connectivity index (χ4v) is 2.68. The number of amides is 1. The van der Waals surface area contributed by atoms with Crippen LogP contribution in [0.2, 0.25) is 0 Å². The molecule has 1 N–H and O–H groups in total. The molecule has 134 valence electrons. The highest BCUT2D eigenvalue weighted by molar-refractivity contribution is 9.10. The normalized spacial score (nSPS) is 10.6. The van der Waals surface area contributed by atoms with Gasteiger partial charge in [0.2, 0.25) is 0 Å². The molecule has 0 spiro atoms. The molecule has 5 nitrogen and oxygen atoms in total. The Hall–Kier alpha value is -2.67. The Kier molecular flexibility index (Phi) is 5.68. The minimum atomic E-state index is -0.647. The zero-order valence-corrected chi connectivity index (χ0v) is 15.5. The van der Waals surface area contributed by atoms with E-state index in [-0.39, 0.29) is 12.4 Å². The Morgan fingerprint density at radius 3 is 2.69 bits per heavy atom. The van der Waals surface area contributed by atoms with Crippen molar-refractivity contribution in [1.29, 1.82) is 0 Å². The van der Waals surface area contributed by atoms with Gasteiger partial charge in [0.1, 0.15) is 17.2 Å². The van der Waals surface area contributed by atoms with E-state index < -0.39 is 6.09 Å². The summed E-state index contributed by atoms with van der Waals surface area (Å²) in [6, 6.07) is 13.8. The molecule has 0 unspecified atom stereocenters. The zero-order valence-electron chi connectivity index (χ0n) is 14.0. The standard InChI is InChI=1S/C19H16BrFN2O3/c1-12-17(18(23-26-12)14-6-8-15(20)9-7-14)22-19(24)25-11-10-13-4-2-3-5-16(13)21/h2-9H,10-11H2,1H3,(H,22,24). The van der Waals surface area contributed by atoms with Crippen molar-refractivity contribution in [2.45, 2.75) is 13.3 Å². The summed E-state index contributed by atoms with van der Waals surface area (Å²) < 4.78 is 24.8. The van der Waals surface area contributed by atoms with Crippen molar-refractivity contribution in [3.8, 4) is 11.3 Å². The van der Waals surface area contributed by atoms with E-state index in [4.69, 9.17) is 9.26 Å². The first kappa shape index (κ1) is 18.1. The molecule has 0 atom stereocenters. The monoisotopic (exact) mass is 418 g/mol. The molecule has 3 aromatic rings. The van der Waals surface area contributed by atoms with E-state index in [0.717, 1.165) is 10.0 Å². The van der Waals surface area contributed by atoms with Crippen LogP contribution in [-0.2, 0) is 11.2 Å². The summed E-state index contributed by atoms with van der Waals surface area (Å²) in [4.78, 5) is 12.1. The number of nitrogens with zero attached hydrogens (tertiary/aromatic N) is 1. The molecular formula is C19H16BrFN2O3. The SMILES string of the molecule is Cc1onc(-c2ccc(Br)cc2)c1NC(=O)OCCc1ccccc1F. The summed E-state index contributed by atoms with van der Waals surface area (Å²) in [6.07, 6.45) is -0.353. The predicted molar refractivity (Wildman–Crippen MR) is 99.5 cm³/mol. The van der Waals surface area contributed by atoms with Crippen LogP contribution in [0.1, 0.15) is 11.3 Å². The number of nitrogens with one attached hydrogen (secondary N) is 1. The van der Waals surface area contributed by atoms with Gasteiger partial charge in [-0.2, -0.15) is 0 Å². The Morgan fingerprint density at radius 1 is 1.23 bits per heavy atom. The number of aryl methyl sites for hydroxylation is 1. The molecule has 0 aliphatic rings. The number of hydrogen-bond acceptors (Lipinski definition) is 4. The lowest BCUT2D eigenvalue weighted by molar-refractivity contribution is 0.162. The van der Waals surface area contributed by atoms with Gasteiger partial charge in [0.05, 0.1) is 6.61 Å². The molecular weight excluding hydrogens is 403 g/mol. The highest BCUT2D eigenvalue weighted by atomic mass is 79.9. The van der Waals surface area contributed by atoms with Crippen LogP contribution in [0, 0.1) is 12.7 Å². The number of rotatable bonds is 5. The highest BCUT2D eigenvalue weighted by Crippen LogP contribution is 2.30. The molecule has 0 aliphatic carbocycles. The van der Waals surface area contributed by atoms with Gasteiger partial charge in [0.25, 0.3) is 0 Å². The van der Waals surface area contributed by atoms with Crippen LogP contribution in [0.25, 0.3) is 11.3 Å². The second kappa shape index (κ2) is 8.14. The number of anilines is 1.